The van der Waals surface area contributed by atoms with E-state index in [0.717, 1.165) is 0 Å². The summed E-state index contributed by atoms with van der Waals surface area (Å²) in [5, 5.41) is 6.02. The molecule has 1 aromatic heterocycles. The number of rotatable bonds is 3. The molecule has 0 radical (unpaired) electrons. The first-order valence-electron chi connectivity index (χ1n) is 4.77. The Morgan fingerprint density at radius 1 is 1.44 bits per heavy atom. The van der Waals surface area contributed by atoms with Crippen LogP contribution in [0.15, 0.2) is 12.3 Å². The number of carbonyl (C=O) groups excluding carboxylic acids is 2. The fraction of sp³-hybridized carbons (Fsp3) is 0.500. The van der Waals surface area contributed by atoms with Gasteiger partial charge in [-0.05, 0) is 26.8 Å². The Morgan fingerprint density at radius 2 is 2.12 bits per heavy atom. The lowest BCUT2D eigenvalue weighted by atomic mass is 10.2. The van der Waals surface area contributed by atoms with Crippen molar-refractivity contribution >= 4 is 11.9 Å². The minimum atomic E-state index is -0.636. The molecule has 0 unspecified atom stereocenters. The van der Waals surface area contributed by atoms with Crippen molar-refractivity contribution in [3.63, 3.8) is 0 Å². The van der Waals surface area contributed by atoms with Gasteiger partial charge in [0.05, 0.1) is 0 Å². The molecule has 6 heteroatoms. The number of carbonyl (C=O) groups is 2. The quantitative estimate of drug-likeness (QED) is 0.774. The molecule has 0 atom stereocenters. The number of esters is 2. The number of hydrogen-bond donors (Lipinski definition) is 1. The Morgan fingerprint density at radius 3 is 2.62 bits per heavy atom. The maximum absolute atomic E-state index is 11.3. The van der Waals surface area contributed by atoms with E-state index in [-0.39, 0.29) is 5.69 Å². The minimum Gasteiger partial charge on any atom is -0.457 e. The molecule has 1 heterocycles. The number of hydrogen-bond acceptors (Lipinski definition) is 5. The molecular formula is C10H14N2O4. The molecule has 0 spiro atoms. The molecule has 1 rings (SSSR count). The topological polar surface area (TPSA) is 81.3 Å². The predicted octanol–water partition coefficient (Wildman–Crippen LogP) is 0.908. The molecule has 0 aliphatic heterocycles. The zero-order valence-corrected chi connectivity index (χ0v) is 9.44. The van der Waals surface area contributed by atoms with E-state index in [9.17, 15) is 9.59 Å². The van der Waals surface area contributed by atoms with Gasteiger partial charge in [0.15, 0.2) is 6.61 Å². The Hall–Kier alpha value is -1.85. The lowest BCUT2D eigenvalue weighted by Gasteiger charge is -2.19. The molecule has 0 aliphatic rings. The highest BCUT2D eigenvalue weighted by molar-refractivity contribution is 5.88. The van der Waals surface area contributed by atoms with Crippen LogP contribution in [0.3, 0.4) is 0 Å². The van der Waals surface area contributed by atoms with Crippen LogP contribution in [0.2, 0.25) is 0 Å². The van der Waals surface area contributed by atoms with Crippen LogP contribution in [-0.2, 0) is 14.3 Å². The molecule has 88 valence electrons. The number of aromatic amines is 1. The van der Waals surface area contributed by atoms with Crippen LogP contribution in [0.5, 0.6) is 0 Å². The lowest BCUT2D eigenvalue weighted by molar-refractivity contribution is -0.158. The Labute approximate surface area is 92.9 Å². The zero-order valence-electron chi connectivity index (χ0n) is 9.44. The zero-order chi connectivity index (χ0) is 12.2. The number of nitrogens with zero attached hydrogens (tertiary/aromatic N) is 1. The summed E-state index contributed by atoms with van der Waals surface area (Å²) < 4.78 is 9.67. The minimum absolute atomic E-state index is 0.198. The van der Waals surface area contributed by atoms with Gasteiger partial charge in [-0.2, -0.15) is 5.10 Å². The van der Waals surface area contributed by atoms with Crippen LogP contribution >= 0.6 is 0 Å². The molecule has 0 bridgehead atoms. The fourth-order valence-corrected chi connectivity index (χ4v) is 0.943. The second-order valence-electron chi connectivity index (χ2n) is 4.13. The van der Waals surface area contributed by atoms with Crippen molar-refractivity contribution in [1.29, 1.82) is 0 Å². The third-order valence-electron chi connectivity index (χ3n) is 1.46. The Kier molecular flexibility index (Phi) is 3.65. The second kappa shape index (κ2) is 4.78. The van der Waals surface area contributed by atoms with Crippen LogP contribution in [0, 0.1) is 0 Å². The summed E-state index contributed by atoms with van der Waals surface area (Å²) in [5.41, 5.74) is -0.388. The SMILES string of the molecule is CC(C)(C)OC(=O)COC(=O)c1ccn[nH]1. The number of aromatic nitrogens is 2. The number of ether oxygens (including phenoxy) is 2. The smallest absolute Gasteiger partial charge is 0.356 e. The summed E-state index contributed by atoms with van der Waals surface area (Å²) in [5.74, 6) is -1.22. The normalized spacial score (nSPS) is 10.9. The van der Waals surface area contributed by atoms with Crippen molar-refractivity contribution in [3.05, 3.63) is 18.0 Å². The highest BCUT2D eigenvalue weighted by Gasteiger charge is 2.18. The number of nitrogens with one attached hydrogen (secondary N) is 1. The summed E-state index contributed by atoms with van der Waals surface area (Å²) in [4.78, 5) is 22.5. The summed E-state index contributed by atoms with van der Waals surface area (Å²) in [7, 11) is 0. The maximum Gasteiger partial charge on any atom is 0.356 e. The molecule has 16 heavy (non-hydrogen) atoms. The van der Waals surface area contributed by atoms with Crippen molar-refractivity contribution < 1.29 is 19.1 Å². The summed E-state index contributed by atoms with van der Waals surface area (Å²) in [6, 6.07) is 1.46. The van der Waals surface area contributed by atoms with Crippen LogP contribution in [0.25, 0.3) is 0 Å². The summed E-state index contributed by atoms with van der Waals surface area (Å²) in [6.45, 7) is 4.81. The van der Waals surface area contributed by atoms with Crippen LogP contribution in [0.1, 0.15) is 31.3 Å². The monoisotopic (exact) mass is 226 g/mol. The van der Waals surface area contributed by atoms with E-state index < -0.39 is 24.1 Å². The molecule has 0 saturated carbocycles. The Bertz CT molecular complexity index is 365. The summed E-state index contributed by atoms with van der Waals surface area (Å²) >= 11 is 0. The largest absolute Gasteiger partial charge is 0.457 e. The molecule has 1 N–H and O–H groups in total. The van der Waals surface area contributed by atoms with Crippen molar-refractivity contribution in [1.82, 2.24) is 10.2 Å². The molecule has 0 amide bonds. The third-order valence-corrected chi connectivity index (χ3v) is 1.46. The third kappa shape index (κ3) is 4.12. The lowest BCUT2D eigenvalue weighted by Crippen LogP contribution is -2.27. The molecule has 0 aromatic carbocycles. The molecule has 0 aliphatic carbocycles. The van der Waals surface area contributed by atoms with Gasteiger partial charge in [-0.25, -0.2) is 9.59 Å². The van der Waals surface area contributed by atoms with E-state index in [1.54, 1.807) is 20.8 Å². The highest BCUT2D eigenvalue weighted by Crippen LogP contribution is 2.07. The van der Waals surface area contributed by atoms with Gasteiger partial charge < -0.3 is 9.47 Å². The van der Waals surface area contributed by atoms with Crippen molar-refractivity contribution in [2.24, 2.45) is 0 Å². The molecule has 0 saturated heterocycles. The van der Waals surface area contributed by atoms with E-state index in [1.807, 2.05) is 0 Å². The molecule has 0 fully saturated rings. The van der Waals surface area contributed by atoms with Crippen LogP contribution < -0.4 is 0 Å². The van der Waals surface area contributed by atoms with Gasteiger partial charge in [0, 0.05) is 6.20 Å². The van der Waals surface area contributed by atoms with Crippen LogP contribution in [-0.4, -0.2) is 34.3 Å². The standard InChI is InChI=1S/C10H14N2O4/c1-10(2,3)16-8(13)6-15-9(14)7-4-5-11-12-7/h4-5H,6H2,1-3H3,(H,11,12). The fourth-order valence-electron chi connectivity index (χ4n) is 0.943. The predicted molar refractivity (Wildman–Crippen MR) is 54.7 cm³/mol. The van der Waals surface area contributed by atoms with Gasteiger partial charge in [0.2, 0.25) is 0 Å². The van der Waals surface area contributed by atoms with Gasteiger partial charge in [0.1, 0.15) is 11.3 Å². The van der Waals surface area contributed by atoms with Crippen molar-refractivity contribution in [2.45, 2.75) is 26.4 Å². The van der Waals surface area contributed by atoms with E-state index in [4.69, 9.17) is 9.47 Å². The first-order valence-corrected chi connectivity index (χ1v) is 4.77. The van der Waals surface area contributed by atoms with Crippen molar-refractivity contribution in [2.75, 3.05) is 6.61 Å². The highest BCUT2D eigenvalue weighted by atomic mass is 16.6. The summed E-state index contributed by atoms with van der Waals surface area (Å²) in [6.07, 6.45) is 1.42. The first-order chi connectivity index (χ1) is 7.38. The molecular weight excluding hydrogens is 212 g/mol. The van der Waals surface area contributed by atoms with E-state index in [0.29, 0.717) is 0 Å². The Balaban J connectivity index is 2.35. The first kappa shape index (κ1) is 12.2. The van der Waals surface area contributed by atoms with Crippen LogP contribution in [0.4, 0.5) is 0 Å². The number of H-pyrrole nitrogens is 1. The maximum atomic E-state index is 11.3. The van der Waals surface area contributed by atoms with Gasteiger partial charge in [0.25, 0.3) is 0 Å². The van der Waals surface area contributed by atoms with E-state index in [1.165, 1.54) is 12.3 Å². The van der Waals surface area contributed by atoms with Gasteiger partial charge in [-0.1, -0.05) is 0 Å². The molecule has 1 aromatic rings. The molecule has 6 nitrogen and oxygen atoms in total. The average molecular weight is 226 g/mol. The van der Waals surface area contributed by atoms with E-state index in [2.05, 4.69) is 10.2 Å². The van der Waals surface area contributed by atoms with Crippen molar-refractivity contribution in [3.8, 4) is 0 Å². The average Bonchev–Trinajstić information content (AvgIpc) is 2.64. The van der Waals surface area contributed by atoms with Gasteiger partial charge in [-0.15, -0.1) is 0 Å². The van der Waals surface area contributed by atoms with E-state index >= 15 is 0 Å². The van der Waals surface area contributed by atoms with Gasteiger partial charge >= 0.3 is 11.9 Å². The second-order valence-corrected chi connectivity index (χ2v) is 4.13. The van der Waals surface area contributed by atoms with Gasteiger partial charge in [-0.3, -0.25) is 5.10 Å².